The van der Waals surface area contributed by atoms with Gasteiger partial charge in [-0.1, -0.05) is 49.9 Å². The lowest BCUT2D eigenvalue weighted by Crippen LogP contribution is -2.34. The molecule has 1 fully saturated rings. The third kappa shape index (κ3) is 2.70. The van der Waals surface area contributed by atoms with Gasteiger partial charge in [0.15, 0.2) is 6.20 Å². The molecule has 1 aromatic heterocycles. The van der Waals surface area contributed by atoms with E-state index in [-0.39, 0.29) is 0 Å². The predicted octanol–water partition coefficient (Wildman–Crippen LogP) is 7.10. The third-order valence-corrected chi connectivity index (χ3v) is 8.83. The van der Waals surface area contributed by atoms with E-state index in [2.05, 4.69) is 73.1 Å². The molecule has 0 atom stereocenters. The van der Waals surface area contributed by atoms with Crippen LogP contribution in [0.2, 0.25) is 0 Å². The van der Waals surface area contributed by atoms with E-state index in [1.54, 1.807) is 5.56 Å². The van der Waals surface area contributed by atoms with Gasteiger partial charge in [-0.2, -0.15) is 0 Å². The molecule has 2 heteroatoms. The van der Waals surface area contributed by atoms with Gasteiger partial charge >= 0.3 is 0 Å². The summed E-state index contributed by atoms with van der Waals surface area (Å²) in [6, 6.07) is 14.3. The largest absolute Gasteiger partial charge is 0.343 e. The van der Waals surface area contributed by atoms with E-state index in [4.69, 9.17) is 0 Å². The average Bonchev–Trinajstić information content (AvgIpc) is 3.33. The SMILES string of the molecule is Cc1c2c(c3c4c(cccc14)CCC3)N(C)c1cc(CC3CCCC3)cc3cc[n+](C)c-2c13. The fourth-order valence-corrected chi connectivity index (χ4v) is 7.31. The van der Waals surface area contributed by atoms with E-state index >= 15 is 0 Å². The Hall–Kier alpha value is -2.87. The molecule has 7 rings (SSSR count). The van der Waals surface area contributed by atoms with Gasteiger partial charge in [0.1, 0.15) is 7.05 Å². The van der Waals surface area contributed by atoms with Gasteiger partial charge in [-0.15, -0.1) is 0 Å². The lowest BCUT2D eigenvalue weighted by Gasteiger charge is -2.34. The second-order valence-electron chi connectivity index (χ2n) is 10.8. The zero-order valence-corrected chi connectivity index (χ0v) is 20.2. The second-order valence-corrected chi connectivity index (χ2v) is 10.8. The van der Waals surface area contributed by atoms with Gasteiger partial charge in [-0.3, -0.25) is 0 Å². The number of pyridine rings is 1. The quantitative estimate of drug-likeness (QED) is 0.306. The number of fused-ring (bicyclic) bond motifs is 3. The third-order valence-electron chi connectivity index (χ3n) is 8.83. The van der Waals surface area contributed by atoms with Gasteiger partial charge in [-0.05, 0) is 83.0 Å². The lowest BCUT2D eigenvalue weighted by molar-refractivity contribution is -0.659. The first-order chi connectivity index (χ1) is 16.1. The molecule has 3 aliphatic rings. The number of rotatable bonds is 2. The molecule has 0 N–H and O–H groups in total. The zero-order chi connectivity index (χ0) is 22.3. The molecule has 166 valence electrons. The summed E-state index contributed by atoms with van der Waals surface area (Å²) in [6.07, 6.45) is 12.8. The molecular weight excluding hydrogens is 400 g/mol. The monoisotopic (exact) mass is 433 g/mol. The maximum absolute atomic E-state index is 2.55. The molecule has 0 radical (unpaired) electrons. The van der Waals surface area contributed by atoms with Gasteiger partial charge in [0, 0.05) is 13.1 Å². The second kappa shape index (κ2) is 7.06. The molecule has 1 aliphatic heterocycles. The minimum absolute atomic E-state index is 0.866. The van der Waals surface area contributed by atoms with Crippen LogP contribution in [0.25, 0.3) is 32.8 Å². The first kappa shape index (κ1) is 19.6. The van der Waals surface area contributed by atoms with Crippen LogP contribution in [0.3, 0.4) is 0 Å². The van der Waals surface area contributed by atoms with Crippen molar-refractivity contribution in [2.45, 2.75) is 58.3 Å². The van der Waals surface area contributed by atoms with Crippen molar-refractivity contribution in [2.75, 3.05) is 11.9 Å². The highest BCUT2D eigenvalue weighted by atomic mass is 15.1. The van der Waals surface area contributed by atoms with Crippen LogP contribution in [-0.2, 0) is 26.3 Å². The van der Waals surface area contributed by atoms with Crippen LogP contribution in [0, 0.1) is 12.8 Å². The maximum atomic E-state index is 2.55. The predicted molar refractivity (Wildman–Crippen MR) is 139 cm³/mol. The van der Waals surface area contributed by atoms with Crippen molar-refractivity contribution >= 4 is 32.9 Å². The summed E-state index contributed by atoms with van der Waals surface area (Å²) in [5, 5.41) is 5.81. The molecule has 0 amide bonds. The van der Waals surface area contributed by atoms with Gasteiger partial charge in [0.2, 0.25) is 5.69 Å². The summed E-state index contributed by atoms with van der Waals surface area (Å²) in [7, 11) is 4.55. The molecule has 2 nitrogen and oxygen atoms in total. The number of hydrogen-bond donors (Lipinski definition) is 0. The van der Waals surface area contributed by atoms with E-state index in [0.717, 1.165) is 5.92 Å². The minimum Gasteiger partial charge on any atom is -0.343 e. The van der Waals surface area contributed by atoms with Gasteiger partial charge in [0.25, 0.3) is 0 Å². The molecule has 3 aromatic carbocycles. The first-order valence-electron chi connectivity index (χ1n) is 12.9. The summed E-state index contributed by atoms with van der Waals surface area (Å²) >= 11 is 0. The van der Waals surface area contributed by atoms with Crippen molar-refractivity contribution in [3.63, 3.8) is 0 Å². The molecule has 2 aliphatic carbocycles. The Labute approximate surface area is 196 Å². The van der Waals surface area contributed by atoms with Crippen LogP contribution in [0.1, 0.15) is 54.4 Å². The number of aryl methyl sites for hydroxylation is 4. The number of nitrogens with zero attached hydrogens (tertiary/aromatic N) is 2. The van der Waals surface area contributed by atoms with Crippen LogP contribution < -0.4 is 9.47 Å². The van der Waals surface area contributed by atoms with Crippen molar-refractivity contribution in [2.24, 2.45) is 13.0 Å². The molecule has 0 saturated heterocycles. The molecular formula is C31H33N2+. The Morgan fingerprint density at radius 3 is 2.70 bits per heavy atom. The van der Waals surface area contributed by atoms with Crippen molar-refractivity contribution in [3.05, 3.63) is 64.8 Å². The Balaban J connectivity index is 1.56. The average molecular weight is 434 g/mol. The topological polar surface area (TPSA) is 7.12 Å². The highest BCUT2D eigenvalue weighted by Gasteiger charge is 2.35. The highest BCUT2D eigenvalue weighted by Crippen LogP contribution is 2.52. The van der Waals surface area contributed by atoms with E-state index in [9.17, 15) is 0 Å². The molecule has 0 unspecified atom stereocenters. The molecule has 0 bridgehead atoms. The van der Waals surface area contributed by atoms with Crippen molar-refractivity contribution in [1.82, 2.24) is 0 Å². The molecule has 1 saturated carbocycles. The molecule has 33 heavy (non-hydrogen) atoms. The fourth-order valence-electron chi connectivity index (χ4n) is 7.31. The molecule has 2 heterocycles. The van der Waals surface area contributed by atoms with Crippen molar-refractivity contribution in [3.8, 4) is 11.3 Å². The summed E-state index contributed by atoms with van der Waals surface area (Å²) in [4.78, 5) is 2.55. The van der Waals surface area contributed by atoms with E-state index in [1.165, 1.54) is 112 Å². The Kier molecular flexibility index (Phi) is 4.19. The summed E-state index contributed by atoms with van der Waals surface area (Å²) in [6.45, 7) is 2.35. The van der Waals surface area contributed by atoms with Gasteiger partial charge in [0.05, 0.1) is 22.3 Å². The van der Waals surface area contributed by atoms with Crippen molar-refractivity contribution < 1.29 is 4.57 Å². The standard InChI is InChI=1S/C31H33N2/c1-19-24-12-6-10-22-11-7-13-25(28(22)24)30-27(19)31-29-23(14-15-32(31)2)17-21(18-26(29)33(30)3)16-20-8-4-5-9-20/h6,10,12,14-15,17-18,20H,4-5,7-9,11,13,16H2,1-3H3/q+1. The first-order valence-corrected chi connectivity index (χ1v) is 12.9. The van der Waals surface area contributed by atoms with E-state index in [0.29, 0.717) is 0 Å². The highest BCUT2D eigenvalue weighted by molar-refractivity contribution is 6.14. The summed E-state index contributed by atoms with van der Waals surface area (Å²) < 4.78 is 2.37. The molecule has 4 aromatic rings. The van der Waals surface area contributed by atoms with Crippen LogP contribution in [-0.4, -0.2) is 7.05 Å². The Morgan fingerprint density at radius 1 is 1.00 bits per heavy atom. The minimum atomic E-state index is 0.866. The van der Waals surface area contributed by atoms with Gasteiger partial charge < -0.3 is 4.90 Å². The van der Waals surface area contributed by atoms with Crippen LogP contribution in [0.15, 0.2) is 42.6 Å². The number of benzene rings is 3. The normalized spacial score (nSPS) is 17.2. The van der Waals surface area contributed by atoms with E-state index < -0.39 is 0 Å². The number of aromatic nitrogens is 1. The van der Waals surface area contributed by atoms with E-state index in [1.807, 2.05) is 0 Å². The summed E-state index contributed by atoms with van der Waals surface area (Å²) in [5.41, 5.74) is 11.8. The zero-order valence-electron chi connectivity index (χ0n) is 20.2. The van der Waals surface area contributed by atoms with Gasteiger partial charge in [-0.25, -0.2) is 4.57 Å². The lowest BCUT2D eigenvalue weighted by atomic mass is 9.80. The maximum Gasteiger partial charge on any atom is 0.224 e. The molecule has 0 spiro atoms. The van der Waals surface area contributed by atoms with Crippen LogP contribution >= 0.6 is 0 Å². The number of anilines is 2. The van der Waals surface area contributed by atoms with Crippen molar-refractivity contribution in [1.29, 1.82) is 0 Å². The Bertz CT molecular complexity index is 1460. The van der Waals surface area contributed by atoms with Crippen LogP contribution in [0.5, 0.6) is 0 Å². The fraction of sp³-hybridized carbons (Fsp3) is 0.387. The van der Waals surface area contributed by atoms with Crippen LogP contribution in [0.4, 0.5) is 11.4 Å². The number of hydrogen-bond acceptors (Lipinski definition) is 1. The summed E-state index contributed by atoms with van der Waals surface area (Å²) in [5.74, 6) is 0.866. The Morgan fingerprint density at radius 2 is 1.85 bits per heavy atom. The smallest absolute Gasteiger partial charge is 0.224 e.